The number of ether oxygens (including phenoxy) is 2. The van der Waals surface area contributed by atoms with E-state index in [4.69, 9.17) is 21.7 Å². The van der Waals surface area contributed by atoms with Crippen molar-refractivity contribution in [3.05, 3.63) is 64.2 Å². The van der Waals surface area contributed by atoms with Crippen LogP contribution in [0.5, 0.6) is 11.5 Å². The molecule has 2 aromatic carbocycles. The lowest BCUT2D eigenvalue weighted by Crippen LogP contribution is -2.50. The van der Waals surface area contributed by atoms with Crippen LogP contribution < -0.4 is 25.6 Å². The number of thiocarbonyl (C=S) groups is 1. The van der Waals surface area contributed by atoms with Crippen LogP contribution in [0.4, 0.5) is 5.69 Å². The number of carbonyl (C=O) groups excluding carboxylic acids is 2. The Bertz CT molecular complexity index is 903. The number of hydrogen-bond donors (Lipinski definition) is 3. The molecule has 3 N–H and O–H groups in total. The van der Waals surface area contributed by atoms with Crippen LogP contribution >= 0.6 is 12.2 Å². The SMILES string of the molecule is Cc1cccc(OCC(=O)NNC(=S)NC(=O)COc2ccc([N+](=O)[O-])cc2)c1. The van der Waals surface area contributed by atoms with E-state index in [0.717, 1.165) is 5.56 Å². The maximum atomic E-state index is 11.8. The summed E-state index contributed by atoms with van der Waals surface area (Å²) in [5.41, 5.74) is 5.57. The molecular formula is C18H18N4O6S. The second-order valence-corrected chi connectivity index (χ2v) is 6.10. The van der Waals surface area contributed by atoms with Crippen molar-refractivity contribution in [3.8, 4) is 11.5 Å². The van der Waals surface area contributed by atoms with Gasteiger partial charge >= 0.3 is 0 Å². The molecule has 2 amide bonds. The number of benzene rings is 2. The molecular weight excluding hydrogens is 400 g/mol. The van der Waals surface area contributed by atoms with E-state index in [2.05, 4.69) is 16.2 Å². The summed E-state index contributed by atoms with van der Waals surface area (Å²) in [6.07, 6.45) is 0. The number of aryl methyl sites for hydroxylation is 1. The standard InChI is InChI=1S/C18H18N4O6S/c1-12-3-2-4-15(9-12)28-11-17(24)20-21-18(29)19-16(23)10-27-14-7-5-13(6-8-14)22(25)26/h2-9H,10-11H2,1H3,(H,20,24)(H2,19,21,23,29). The van der Waals surface area contributed by atoms with Crippen molar-refractivity contribution in [2.45, 2.75) is 6.92 Å². The Morgan fingerprint density at radius 2 is 1.66 bits per heavy atom. The molecule has 0 aliphatic rings. The molecule has 0 saturated heterocycles. The van der Waals surface area contributed by atoms with Gasteiger partial charge in [0.2, 0.25) is 0 Å². The first kappa shape index (κ1) is 21.6. The summed E-state index contributed by atoms with van der Waals surface area (Å²) in [7, 11) is 0. The fourth-order valence-corrected chi connectivity index (χ4v) is 2.19. The molecule has 0 aliphatic heterocycles. The molecule has 0 saturated carbocycles. The summed E-state index contributed by atoms with van der Waals surface area (Å²) in [6.45, 7) is 1.29. The van der Waals surface area contributed by atoms with Crippen LogP contribution in [-0.2, 0) is 9.59 Å². The maximum Gasteiger partial charge on any atom is 0.276 e. The summed E-state index contributed by atoms with van der Waals surface area (Å²) in [6, 6.07) is 12.5. The molecule has 11 heteroatoms. The third-order valence-corrected chi connectivity index (χ3v) is 3.55. The van der Waals surface area contributed by atoms with Crippen LogP contribution in [-0.4, -0.2) is 35.1 Å². The topological polar surface area (TPSA) is 132 Å². The number of rotatable bonds is 7. The summed E-state index contributed by atoms with van der Waals surface area (Å²) in [5, 5.41) is 12.8. The summed E-state index contributed by atoms with van der Waals surface area (Å²) in [5.74, 6) is -0.234. The van der Waals surface area contributed by atoms with E-state index in [-0.39, 0.29) is 29.8 Å². The fraction of sp³-hybridized carbons (Fsp3) is 0.167. The summed E-state index contributed by atoms with van der Waals surface area (Å²) < 4.78 is 10.5. The Balaban J connectivity index is 1.65. The van der Waals surface area contributed by atoms with Gasteiger partial charge < -0.3 is 9.47 Å². The van der Waals surface area contributed by atoms with Crippen molar-refractivity contribution in [3.63, 3.8) is 0 Å². The lowest BCUT2D eigenvalue weighted by molar-refractivity contribution is -0.384. The van der Waals surface area contributed by atoms with Crippen molar-refractivity contribution in [1.29, 1.82) is 0 Å². The van der Waals surface area contributed by atoms with E-state index < -0.39 is 16.7 Å². The van der Waals surface area contributed by atoms with E-state index >= 15 is 0 Å². The first-order valence-electron chi connectivity index (χ1n) is 8.29. The highest BCUT2D eigenvalue weighted by Crippen LogP contribution is 2.17. The van der Waals surface area contributed by atoms with E-state index in [1.807, 2.05) is 19.1 Å². The first-order chi connectivity index (χ1) is 13.8. The molecule has 10 nitrogen and oxygen atoms in total. The minimum absolute atomic E-state index is 0.0886. The smallest absolute Gasteiger partial charge is 0.276 e. The maximum absolute atomic E-state index is 11.8. The number of amides is 2. The van der Waals surface area contributed by atoms with E-state index in [9.17, 15) is 19.7 Å². The Morgan fingerprint density at radius 3 is 2.31 bits per heavy atom. The van der Waals surface area contributed by atoms with Gasteiger partial charge in [0.1, 0.15) is 11.5 Å². The van der Waals surface area contributed by atoms with Crippen LogP contribution in [0.3, 0.4) is 0 Å². The molecule has 0 heterocycles. The predicted molar refractivity (Wildman–Crippen MR) is 107 cm³/mol. The van der Waals surface area contributed by atoms with Crippen molar-refractivity contribution < 1.29 is 24.0 Å². The first-order valence-corrected chi connectivity index (χ1v) is 8.69. The molecule has 0 unspecified atom stereocenters. The van der Waals surface area contributed by atoms with E-state index in [0.29, 0.717) is 5.75 Å². The molecule has 2 aromatic rings. The van der Waals surface area contributed by atoms with Crippen LogP contribution in [0, 0.1) is 17.0 Å². The van der Waals surface area contributed by atoms with Crippen molar-refractivity contribution >= 4 is 34.8 Å². The van der Waals surface area contributed by atoms with Gasteiger partial charge in [0, 0.05) is 12.1 Å². The number of non-ortho nitro benzene ring substituents is 1. The highest BCUT2D eigenvalue weighted by molar-refractivity contribution is 7.80. The third kappa shape index (κ3) is 7.81. The number of hydrazine groups is 1. The third-order valence-electron chi connectivity index (χ3n) is 3.35. The van der Waals surface area contributed by atoms with Crippen LogP contribution in [0.2, 0.25) is 0 Å². The normalized spacial score (nSPS) is 9.83. The molecule has 152 valence electrons. The molecule has 0 bridgehead atoms. The lowest BCUT2D eigenvalue weighted by Gasteiger charge is -2.12. The highest BCUT2D eigenvalue weighted by atomic mass is 32.1. The molecule has 29 heavy (non-hydrogen) atoms. The number of nitro groups is 1. The Kier molecular flexibility index (Phi) is 7.86. The van der Waals surface area contributed by atoms with Gasteiger partial charge in [0.15, 0.2) is 18.3 Å². The van der Waals surface area contributed by atoms with Gasteiger partial charge in [-0.2, -0.15) is 0 Å². The van der Waals surface area contributed by atoms with E-state index in [1.165, 1.54) is 24.3 Å². The van der Waals surface area contributed by atoms with Crippen molar-refractivity contribution in [1.82, 2.24) is 16.2 Å². The Morgan fingerprint density at radius 1 is 1.00 bits per heavy atom. The Labute approximate surface area is 171 Å². The summed E-state index contributed by atoms with van der Waals surface area (Å²) in [4.78, 5) is 33.6. The number of nitrogens with one attached hydrogen (secondary N) is 3. The molecule has 0 spiro atoms. The van der Waals surface area contributed by atoms with Gasteiger partial charge in [-0.15, -0.1) is 0 Å². The molecule has 0 radical (unpaired) electrons. The van der Waals surface area contributed by atoms with Gasteiger partial charge in [-0.25, -0.2) is 0 Å². The van der Waals surface area contributed by atoms with Crippen molar-refractivity contribution in [2.75, 3.05) is 13.2 Å². The van der Waals surface area contributed by atoms with Crippen molar-refractivity contribution in [2.24, 2.45) is 0 Å². The monoisotopic (exact) mass is 418 g/mol. The quantitative estimate of drug-likeness (QED) is 0.349. The van der Waals surface area contributed by atoms with Crippen LogP contribution in [0.25, 0.3) is 0 Å². The second kappa shape index (κ2) is 10.6. The molecule has 2 rings (SSSR count). The zero-order valence-electron chi connectivity index (χ0n) is 15.3. The fourth-order valence-electron chi connectivity index (χ4n) is 2.02. The number of carbonyl (C=O) groups is 2. The number of hydrogen-bond acceptors (Lipinski definition) is 7. The largest absolute Gasteiger partial charge is 0.484 e. The van der Waals surface area contributed by atoms with Gasteiger partial charge in [0.05, 0.1) is 4.92 Å². The Hall–Kier alpha value is -3.73. The molecule has 0 aromatic heterocycles. The van der Waals surface area contributed by atoms with Gasteiger partial charge in [0.25, 0.3) is 17.5 Å². The van der Waals surface area contributed by atoms with Gasteiger partial charge in [-0.3, -0.25) is 35.9 Å². The zero-order chi connectivity index (χ0) is 21.2. The average molecular weight is 418 g/mol. The van der Waals surface area contributed by atoms with E-state index in [1.54, 1.807) is 12.1 Å². The second-order valence-electron chi connectivity index (χ2n) is 5.70. The van der Waals surface area contributed by atoms with Crippen LogP contribution in [0.15, 0.2) is 48.5 Å². The van der Waals surface area contributed by atoms with Crippen LogP contribution in [0.1, 0.15) is 5.56 Å². The minimum Gasteiger partial charge on any atom is -0.484 e. The predicted octanol–water partition coefficient (Wildman–Crippen LogP) is 1.38. The zero-order valence-corrected chi connectivity index (χ0v) is 16.2. The highest BCUT2D eigenvalue weighted by Gasteiger charge is 2.09. The van der Waals surface area contributed by atoms with Gasteiger partial charge in [-0.1, -0.05) is 12.1 Å². The number of nitrogens with zero attached hydrogens (tertiary/aromatic N) is 1. The van der Waals surface area contributed by atoms with Gasteiger partial charge in [-0.05, 0) is 49.0 Å². The number of nitro benzene ring substituents is 1. The minimum atomic E-state index is -0.578. The average Bonchev–Trinajstić information content (AvgIpc) is 2.69. The summed E-state index contributed by atoms with van der Waals surface area (Å²) >= 11 is 4.89. The molecule has 0 atom stereocenters. The molecule has 0 aliphatic carbocycles. The lowest BCUT2D eigenvalue weighted by atomic mass is 10.2. The molecule has 0 fully saturated rings.